The average Bonchev–Trinajstić information content (AvgIpc) is 2.78. The maximum atomic E-state index is 12.1. The van der Waals surface area contributed by atoms with E-state index in [2.05, 4.69) is 15.3 Å². The highest BCUT2D eigenvalue weighted by Gasteiger charge is 2.09. The molecule has 0 unspecified atom stereocenters. The molecule has 0 saturated heterocycles. The standard InChI is InChI=1S/C23H20N2O5/c1-29-23(28)17-12-10-16(11-13-17)15-30-21-9-5-2-6-18(21)14-24-25-22(27)19-7-3-4-8-20(19)26/h2-14,26H,15H2,1H3,(H,25,27)/b24-14-. The molecule has 2 N–H and O–H groups in total. The Morgan fingerprint density at radius 2 is 1.70 bits per heavy atom. The van der Waals surface area contributed by atoms with Crippen molar-refractivity contribution in [2.75, 3.05) is 7.11 Å². The van der Waals surface area contributed by atoms with E-state index in [9.17, 15) is 14.7 Å². The smallest absolute Gasteiger partial charge is 0.337 e. The first-order valence-corrected chi connectivity index (χ1v) is 9.09. The van der Waals surface area contributed by atoms with Crippen molar-refractivity contribution in [3.8, 4) is 11.5 Å². The van der Waals surface area contributed by atoms with E-state index >= 15 is 0 Å². The Kier molecular flexibility index (Phi) is 6.78. The molecule has 0 radical (unpaired) electrons. The van der Waals surface area contributed by atoms with Gasteiger partial charge in [0.05, 0.1) is 24.5 Å². The highest BCUT2D eigenvalue weighted by Crippen LogP contribution is 2.18. The van der Waals surface area contributed by atoms with Crippen LogP contribution in [0.5, 0.6) is 11.5 Å². The fourth-order valence-corrected chi connectivity index (χ4v) is 2.62. The molecule has 0 heterocycles. The largest absolute Gasteiger partial charge is 0.507 e. The fourth-order valence-electron chi connectivity index (χ4n) is 2.62. The van der Waals surface area contributed by atoms with E-state index in [0.29, 0.717) is 16.9 Å². The summed E-state index contributed by atoms with van der Waals surface area (Å²) in [6.07, 6.45) is 1.47. The number of nitrogens with zero attached hydrogens (tertiary/aromatic N) is 1. The summed E-state index contributed by atoms with van der Waals surface area (Å²) in [5.41, 5.74) is 4.53. The van der Waals surface area contributed by atoms with Crippen LogP contribution >= 0.6 is 0 Å². The van der Waals surface area contributed by atoms with E-state index in [1.807, 2.05) is 12.1 Å². The second-order valence-electron chi connectivity index (χ2n) is 6.23. The summed E-state index contributed by atoms with van der Waals surface area (Å²) in [6, 6.07) is 20.4. The fraction of sp³-hybridized carbons (Fsp3) is 0.0870. The molecule has 152 valence electrons. The van der Waals surface area contributed by atoms with Crippen molar-refractivity contribution >= 4 is 18.1 Å². The van der Waals surface area contributed by atoms with E-state index in [1.54, 1.807) is 48.5 Å². The number of hydrazone groups is 1. The van der Waals surface area contributed by atoms with Crippen molar-refractivity contribution in [2.45, 2.75) is 6.61 Å². The number of rotatable bonds is 7. The van der Waals surface area contributed by atoms with Gasteiger partial charge in [0, 0.05) is 5.56 Å². The van der Waals surface area contributed by atoms with Crippen LogP contribution in [0.15, 0.2) is 77.9 Å². The molecule has 3 rings (SSSR count). The van der Waals surface area contributed by atoms with E-state index in [0.717, 1.165) is 5.56 Å². The first-order chi connectivity index (χ1) is 14.6. The quantitative estimate of drug-likeness (QED) is 0.357. The Labute approximate surface area is 173 Å². The van der Waals surface area contributed by atoms with E-state index in [-0.39, 0.29) is 17.9 Å². The molecule has 0 aromatic heterocycles. The molecule has 0 bridgehead atoms. The van der Waals surface area contributed by atoms with Crippen LogP contribution < -0.4 is 10.2 Å². The van der Waals surface area contributed by atoms with E-state index in [4.69, 9.17) is 4.74 Å². The molecular weight excluding hydrogens is 384 g/mol. The van der Waals surface area contributed by atoms with Crippen LogP contribution in [0.25, 0.3) is 0 Å². The lowest BCUT2D eigenvalue weighted by atomic mass is 10.1. The molecule has 7 heteroatoms. The zero-order valence-electron chi connectivity index (χ0n) is 16.2. The molecular formula is C23H20N2O5. The number of carbonyl (C=O) groups excluding carboxylic acids is 2. The van der Waals surface area contributed by atoms with Gasteiger partial charge in [-0.2, -0.15) is 5.10 Å². The first kappa shape index (κ1) is 20.6. The summed E-state index contributed by atoms with van der Waals surface area (Å²) >= 11 is 0. The summed E-state index contributed by atoms with van der Waals surface area (Å²) in [4.78, 5) is 23.6. The molecule has 0 atom stereocenters. The van der Waals surface area contributed by atoms with Crippen LogP contribution in [0.1, 0.15) is 31.8 Å². The molecule has 1 amide bonds. The molecule has 0 saturated carbocycles. The van der Waals surface area contributed by atoms with Crippen molar-refractivity contribution < 1.29 is 24.2 Å². The SMILES string of the molecule is COC(=O)c1ccc(COc2ccccc2/C=N\NC(=O)c2ccccc2O)cc1. The average molecular weight is 404 g/mol. The molecule has 7 nitrogen and oxygen atoms in total. The highest BCUT2D eigenvalue weighted by molar-refractivity contribution is 5.97. The third-order valence-electron chi connectivity index (χ3n) is 4.21. The number of ether oxygens (including phenoxy) is 2. The minimum absolute atomic E-state index is 0.118. The number of para-hydroxylation sites is 2. The van der Waals surface area contributed by atoms with Crippen LogP contribution in [0, 0.1) is 0 Å². The molecule has 30 heavy (non-hydrogen) atoms. The molecule has 0 spiro atoms. The second kappa shape index (κ2) is 9.88. The predicted octanol–water partition coefficient (Wildman–Crippen LogP) is 3.52. The summed E-state index contributed by atoms with van der Waals surface area (Å²) in [5, 5.41) is 13.7. The van der Waals surface area contributed by atoms with Crippen molar-refractivity contribution in [3.05, 3.63) is 95.1 Å². The van der Waals surface area contributed by atoms with Crippen molar-refractivity contribution in [1.29, 1.82) is 0 Å². The van der Waals surface area contributed by atoms with Crippen molar-refractivity contribution in [1.82, 2.24) is 5.43 Å². The van der Waals surface area contributed by atoms with Crippen LogP contribution in [0.4, 0.5) is 0 Å². The Hall–Kier alpha value is -4.13. The lowest BCUT2D eigenvalue weighted by Gasteiger charge is -2.09. The van der Waals surface area contributed by atoms with Gasteiger partial charge in [0.15, 0.2) is 0 Å². The topological polar surface area (TPSA) is 97.2 Å². The van der Waals surface area contributed by atoms with Crippen LogP contribution in [-0.2, 0) is 11.3 Å². The third kappa shape index (κ3) is 5.23. The van der Waals surface area contributed by atoms with Crippen LogP contribution in [0.2, 0.25) is 0 Å². The number of phenols is 1. The number of aromatic hydroxyl groups is 1. The Bertz CT molecular complexity index is 1060. The summed E-state index contributed by atoms with van der Waals surface area (Å²) < 4.78 is 10.5. The number of hydrogen-bond acceptors (Lipinski definition) is 6. The minimum atomic E-state index is -0.520. The van der Waals surface area contributed by atoms with E-state index in [1.165, 1.54) is 25.5 Å². The predicted molar refractivity (Wildman–Crippen MR) is 112 cm³/mol. The summed E-state index contributed by atoms with van der Waals surface area (Å²) in [5.74, 6) is -0.453. The second-order valence-corrected chi connectivity index (χ2v) is 6.23. The van der Waals surface area contributed by atoms with Gasteiger partial charge in [-0.3, -0.25) is 4.79 Å². The van der Waals surface area contributed by atoms with Gasteiger partial charge in [-0.15, -0.1) is 0 Å². The summed E-state index contributed by atoms with van der Waals surface area (Å²) in [6.45, 7) is 0.288. The maximum Gasteiger partial charge on any atom is 0.337 e. The van der Waals surface area contributed by atoms with Crippen LogP contribution in [-0.4, -0.2) is 30.3 Å². The Morgan fingerprint density at radius 1 is 1.00 bits per heavy atom. The number of benzene rings is 3. The van der Waals surface area contributed by atoms with Gasteiger partial charge >= 0.3 is 5.97 Å². The lowest BCUT2D eigenvalue weighted by molar-refractivity contribution is 0.0600. The number of phenolic OH excluding ortho intramolecular Hbond substituents is 1. The Morgan fingerprint density at radius 3 is 2.43 bits per heavy atom. The number of hydrogen-bond donors (Lipinski definition) is 2. The van der Waals surface area contributed by atoms with Gasteiger partial charge < -0.3 is 14.6 Å². The number of amides is 1. The van der Waals surface area contributed by atoms with Crippen molar-refractivity contribution in [2.24, 2.45) is 5.10 Å². The summed E-state index contributed by atoms with van der Waals surface area (Å²) in [7, 11) is 1.34. The number of nitrogens with one attached hydrogen (secondary N) is 1. The third-order valence-corrected chi connectivity index (χ3v) is 4.21. The van der Waals surface area contributed by atoms with E-state index < -0.39 is 11.9 Å². The van der Waals surface area contributed by atoms with Gasteiger partial charge in [-0.05, 0) is 42.0 Å². The zero-order chi connectivity index (χ0) is 21.3. The van der Waals surface area contributed by atoms with Gasteiger partial charge in [-0.25, -0.2) is 10.2 Å². The lowest BCUT2D eigenvalue weighted by Crippen LogP contribution is -2.17. The zero-order valence-corrected chi connectivity index (χ0v) is 16.2. The van der Waals surface area contributed by atoms with Crippen molar-refractivity contribution in [3.63, 3.8) is 0 Å². The van der Waals surface area contributed by atoms with Gasteiger partial charge in [0.1, 0.15) is 18.1 Å². The molecule has 0 fully saturated rings. The number of carbonyl (C=O) groups is 2. The van der Waals surface area contributed by atoms with Gasteiger partial charge in [0.25, 0.3) is 5.91 Å². The molecule has 0 aliphatic rings. The Balaban J connectivity index is 1.63. The van der Waals surface area contributed by atoms with Crippen LogP contribution in [0.3, 0.4) is 0 Å². The minimum Gasteiger partial charge on any atom is -0.507 e. The molecule has 0 aliphatic carbocycles. The molecule has 3 aromatic rings. The number of esters is 1. The monoisotopic (exact) mass is 404 g/mol. The number of methoxy groups -OCH3 is 1. The highest BCUT2D eigenvalue weighted by atomic mass is 16.5. The van der Waals surface area contributed by atoms with Gasteiger partial charge in [0.2, 0.25) is 0 Å². The molecule has 0 aliphatic heterocycles. The first-order valence-electron chi connectivity index (χ1n) is 9.09. The molecule has 3 aromatic carbocycles. The van der Waals surface area contributed by atoms with Gasteiger partial charge in [-0.1, -0.05) is 36.4 Å². The maximum absolute atomic E-state index is 12.1. The normalized spacial score (nSPS) is 10.6.